The molecule has 0 unspecified atom stereocenters. The van der Waals surface area contributed by atoms with E-state index in [1.165, 1.54) is 5.56 Å². The smallest absolute Gasteiger partial charge is 0.145 e. The maximum Gasteiger partial charge on any atom is 0.145 e. The van der Waals surface area contributed by atoms with Crippen LogP contribution in [-0.4, -0.2) is 18.6 Å². The van der Waals surface area contributed by atoms with Gasteiger partial charge in [-0.3, -0.25) is 0 Å². The molecule has 0 saturated heterocycles. The van der Waals surface area contributed by atoms with Crippen LogP contribution in [0.15, 0.2) is 24.3 Å². The summed E-state index contributed by atoms with van der Waals surface area (Å²) in [5, 5.41) is 4.29. The molecule has 3 nitrogen and oxygen atoms in total. The Morgan fingerprint density at radius 2 is 2.11 bits per heavy atom. The van der Waals surface area contributed by atoms with E-state index < -0.39 is 0 Å². The van der Waals surface area contributed by atoms with Gasteiger partial charge < -0.3 is 10.1 Å². The highest BCUT2D eigenvalue weighted by molar-refractivity contribution is 5.87. The van der Waals surface area contributed by atoms with E-state index in [4.69, 9.17) is 4.74 Å². The van der Waals surface area contributed by atoms with Gasteiger partial charge in [0.15, 0.2) is 0 Å². The van der Waals surface area contributed by atoms with Crippen LogP contribution < -0.4 is 10.1 Å². The molecule has 0 fully saturated rings. The number of aromatic nitrogens is 1. The van der Waals surface area contributed by atoms with Crippen LogP contribution in [-0.2, 0) is 6.42 Å². The number of ether oxygens (including phenoxy) is 1. The fourth-order valence-corrected chi connectivity index (χ4v) is 2.03. The zero-order chi connectivity index (χ0) is 13.0. The van der Waals surface area contributed by atoms with Crippen LogP contribution in [0.25, 0.3) is 10.9 Å². The van der Waals surface area contributed by atoms with Crippen molar-refractivity contribution >= 4 is 16.7 Å². The van der Waals surface area contributed by atoms with E-state index in [0.717, 1.165) is 41.9 Å². The van der Waals surface area contributed by atoms with Gasteiger partial charge in [0.25, 0.3) is 0 Å². The van der Waals surface area contributed by atoms with Crippen LogP contribution in [0.1, 0.15) is 25.8 Å². The average molecular weight is 244 g/mol. The van der Waals surface area contributed by atoms with Crippen LogP contribution >= 0.6 is 0 Å². The summed E-state index contributed by atoms with van der Waals surface area (Å²) >= 11 is 0. The van der Waals surface area contributed by atoms with E-state index in [9.17, 15) is 0 Å². The van der Waals surface area contributed by atoms with E-state index in [1.807, 2.05) is 19.2 Å². The summed E-state index contributed by atoms with van der Waals surface area (Å²) in [6.45, 7) is 4.97. The largest absolute Gasteiger partial charge is 0.491 e. The minimum Gasteiger partial charge on any atom is -0.491 e. The van der Waals surface area contributed by atoms with Crippen LogP contribution in [0.4, 0.5) is 5.82 Å². The Morgan fingerprint density at radius 1 is 1.28 bits per heavy atom. The monoisotopic (exact) mass is 244 g/mol. The Bertz CT molecular complexity index is 537. The summed E-state index contributed by atoms with van der Waals surface area (Å²) < 4.78 is 5.75. The fourth-order valence-electron chi connectivity index (χ4n) is 2.03. The molecule has 3 heteroatoms. The molecular formula is C15H20N2O. The molecule has 1 heterocycles. The normalized spacial score (nSPS) is 10.6. The number of aryl methyl sites for hydroxylation is 1. The van der Waals surface area contributed by atoms with Gasteiger partial charge in [-0.05, 0) is 30.5 Å². The average Bonchev–Trinajstić information content (AvgIpc) is 2.43. The molecule has 0 radical (unpaired) electrons. The molecule has 0 saturated carbocycles. The number of rotatable bonds is 5. The highest BCUT2D eigenvalue weighted by Crippen LogP contribution is 2.28. The molecule has 1 aromatic carbocycles. The van der Waals surface area contributed by atoms with Gasteiger partial charge >= 0.3 is 0 Å². The van der Waals surface area contributed by atoms with Crippen molar-refractivity contribution in [3.63, 3.8) is 0 Å². The van der Waals surface area contributed by atoms with Gasteiger partial charge in [0.1, 0.15) is 17.1 Å². The molecule has 0 bridgehead atoms. The van der Waals surface area contributed by atoms with Crippen LogP contribution in [0.2, 0.25) is 0 Å². The maximum atomic E-state index is 5.75. The van der Waals surface area contributed by atoms with Gasteiger partial charge in [-0.15, -0.1) is 0 Å². The lowest BCUT2D eigenvalue weighted by Gasteiger charge is -2.12. The van der Waals surface area contributed by atoms with Crippen molar-refractivity contribution < 1.29 is 4.74 Å². The lowest BCUT2D eigenvalue weighted by molar-refractivity contribution is 0.320. The summed E-state index contributed by atoms with van der Waals surface area (Å²) in [5.41, 5.74) is 2.17. The molecule has 2 aromatic rings. The highest BCUT2D eigenvalue weighted by Gasteiger charge is 2.08. The van der Waals surface area contributed by atoms with Crippen LogP contribution in [0, 0.1) is 0 Å². The second-order valence-electron chi connectivity index (χ2n) is 4.28. The third-order valence-electron chi connectivity index (χ3n) is 2.97. The summed E-state index contributed by atoms with van der Waals surface area (Å²) in [5.74, 6) is 1.81. The molecule has 2 rings (SSSR count). The summed E-state index contributed by atoms with van der Waals surface area (Å²) in [4.78, 5) is 4.68. The van der Waals surface area contributed by atoms with Crippen LogP contribution in [0.3, 0.4) is 0 Å². The van der Waals surface area contributed by atoms with E-state index in [2.05, 4.69) is 36.3 Å². The van der Waals surface area contributed by atoms with Crippen molar-refractivity contribution in [1.29, 1.82) is 0 Å². The van der Waals surface area contributed by atoms with Crippen molar-refractivity contribution in [3.05, 3.63) is 29.8 Å². The molecule has 0 atom stereocenters. The SMILES string of the molecule is CCCOc1cccc2cc(CC)c(NC)nc12. The number of fused-ring (bicyclic) bond motifs is 1. The van der Waals surface area contributed by atoms with Gasteiger partial charge in [-0.25, -0.2) is 4.98 Å². The predicted molar refractivity (Wildman–Crippen MR) is 76.5 cm³/mol. The van der Waals surface area contributed by atoms with Gasteiger partial charge in [-0.1, -0.05) is 26.0 Å². The Balaban J connectivity index is 2.54. The third kappa shape index (κ3) is 2.40. The quantitative estimate of drug-likeness (QED) is 0.872. The first kappa shape index (κ1) is 12.7. The first-order valence-corrected chi connectivity index (χ1v) is 6.53. The van der Waals surface area contributed by atoms with E-state index in [-0.39, 0.29) is 0 Å². The standard InChI is InChI=1S/C15H20N2O/c1-4-9-18-13-8-6-7-12-10-11(5-2)15(16-3)17-14(12)13/h6-8,10H,4-5,9H2,1-3H3,(H,16,17). The number of anilines is 1. The van der Waals surface area contributed by atoms with Crippen molar-refractivity contribution in [1.82, 2.24) is 4.98 Å². The minimum atomic E-state index is 0.727. The number of hydrogen-bond donors (Lipinski definition) is 1. The van der Waals surface area contributed by atoms with E-state index in [0.29, 0.717) is 0 Å². The molecule has 0 aliphatic rings. The van der Waals surface area contributed by atoms with Gasteiger partial charge in [0.2, 0.25) is 0 Å². The molecule has 18 heavy (non-hydrogen) atoms. The maximum absolute atomic E-state index is 5.75. The van der Waals surface area contributed by atoms with Crippen molar-refractivity contribution in [2.24, 2.45) is 0 Å². The number of pyridine rings is 1. The summed E-state index contributed by atoms with van der Waals surface area (Å²) in [6.07, 6.45) is 1.97. The molecule has 0 amide bonds. The fraction of sp³-hybridized carbons (Fsp3) is 0.400. The number of nitrogens with zero attached hydrogens (tertiary/aromatic N) is 1. The number of nitrogens with one attached hydrogen (secondary N) is 1. The van der Waals surface area contributed by atoms with Gasteiger partial charge in [0.05, 0.1) is 6.61 Å². The third-order valence-corrected chi connectivity index (χ3v) is 2.97. The van der Waals surface area contributed by atoms with Crippen molar-refractivity contribution in [2.45, 2.75) is 26.7 Å². The zero-order valence-corrected chi connectivity index (χ0v) is 11.3. The minimum absolute atomic E-state index is 0.727. The summed E-state index contributed by atoms with van der Waals surface area (Å²) in [7, 11) is 1.91. The molecule has 0 spiro atoms. The number of benzene rings is 1. The molecular weight excluding hydrogens is 224 g/mol. The van der Waals surface area contributed by atoms with Gasteiger partial charge in [-0.2, -0.15) is 0 Å². The Morgan fingerprint density at radius 3 is 2.78 bits per heavy atom. The number of para-hydroxylation sites is 1. The summed E-state index contributed by atoms with van der Waals surface area (Å²) in [6, 6.07) is 8.27. The van der Waals surface area contributed by atoms with Crippen molar-refractivity contribution in [3.8, 4) is 5.75 Å². The van der Waals surface area contributed by atoms with Gasteiger partial charge in [0, 0.05) is 12.4 Å². The predicted octanol–water partition coefficient (Wildman–Crippen LogP) is 3.63. The van der Waals surface area contributed by atoms with Crippen molar-refractivity contribution in [2.75, 3.05) is 19.0 Å². The Labute approximate surface area is 108 Å². The second kappa shape index (κ2) is 5.71. The molecule has 1 aromatic heterocycles. The van der Waals surface area contributed by atoms with E-state index >= 15 is 0 Å². The van der Waals surface area contributed by atoms with Crippen LogP contribution in [0.5, 0.6) is 5.75 Å². The van der Waals surface area contributed by atoms with E-state index in [1.54, 1.807) is 0 Å². The molecule has 1 N–H and O–H groups in total. The molecule has 0 aliphatic carbocycles. The Kier molecular flexibility index (Phi) is 4.03. The topological polar surface area (TPSA) is 34.1 Å². The number of hydrogen-bond acceptors (Lipinski definition) is 3. The lowest BCUT2D eigenvalue weighted by Crippen LogP contribution is -2.01. The first-order chi connectivity index (χ1) is 8.80. The lowest BCUT2D eigenvalue weighted by atomic mass is 10.1. The molecule has 0 aliphatic heterocycles. The highest BCUT2D eigenvalue weighted by atomic mass is 16.5. The second-order valence-corrected chi connectivity index (χ2v) is 4.28. The first-order valence-electron chi connectivity index (χ1n) is 6.53. The zero-order valence-electron chi connectivity index (χ0n) is 11.3. The Hall–Kier alpha value is -1.77. The molecule has 96 valence electrons.